The molecular formula is C10H16O. The second-order valence-electron chi connectivity index (χ2n) is 2.93. The van der Waals surface area contributed by atoms with E-state index in [4.69, 9.17) is 4.74 Å². The topological polar surface area (TPSA) is 9.23 Å². The van der Waals surface area contributed by atoms with Gasteiger partial charge in [0.05, 0.1) is 6.61 Å². The molecule has 1 heteroatoms. The normalized spacial score (nSPS) is 17.3. The molecule has 0 aliphatic heterocycles. The van der Waals surface area contributed by atoms with Crippen LogP contribution in [0.2, 0.25) is 0 Å². The van der Waals surface area contributed by atoms with Crippen LogP contribution in [0.1, 0.15) is 33.1 Å². The zero-order valence-electron chi connectivity index (χ0n) is 7.39. The molecule has 0 N–H and O–H groups in total. The Morgan fingerprint density at radius 3 is 3.00 bits per heavy atom. The Kier molecular flexibility index (Phi) is 3.21. The predicted molar refractivity (Wildman–Crippen MR) is 47.3 cm³/mol. The molecule has 1 aliphatic carbocycles. The van der Waals surface area contributed by atoms with E-state index in [0.717, 1.165) is 25.2 Å². The van der Waals surface area contributed by atoms with Crippen LogP contribution >= 0.6 is 0 Å². The quantitative estimate of drug-likeness (QED) is 0.604. The van der Waals surface area contributed by atoms with Crippen molar-refractivity contribution < 1.29 is 4.74 Å². The Morgan fingerprint density at radius 2 is 2.36 bits per heavy atom. The van der Waals surface area contributed by atoms with E-state index in [9.17, 15) is 0 Å². The van der Waals surface area contributed by atoms with Gasteiger partial charge in [0.1, 0.15) is 5.76 Å². The van der Waals surface area contributed by atoms with E-state index in [2.05, 4.69) is 26.0 Å². The average Bonchev–Trinajstić information content (AvgIpc) is 2.03. The molecule has 1 rings (SSSR count). The molecule has 0 saturated carbocycles. The van der Waals surface area contributed by atoms with Gasteiger partial charge in [0, 0.05) is 0 Å². The third-order valence-corrected chi connectivity index (χ3v) is 1.84. The lowest BCUT2D eigenvalue weighted by Crippen LogP contribution is -1.97. The first kappa shape index (κ1) is 8.38. The Bertz CT molecular complexity index is 177. The molecule has 1 nitrogen and oxygen atoms in total. The molecule has 0 unspecified atom stereocenters. The Labute approximate surface area is 68.8 Å². The van der Waals surface area contributed by atoms with Gasteiger partial charge in [0.25, 0.3) is 0 Å². The fourth-order valence-electron chi connectivity index (χ4n) is 1.14. The minimum absolute atomic E-state index is 0.844. The number of ether oxygens (including phenoxy) is 1. The predicted octanol–water partition coefficient (Wildman–Crippen LogP) is 3.04. The third kappa shape index (κ3) is 2.41. The summed E-state index contributed by atoms with van der Waals surface area (Å²) in [6, 6.07) is 0. The highest BCUT2D eigenvalue weighted by atomic mass is 16.5. The standard InChI is InChI=1S/C10H16O/c1-3-8-11-10-7-5-4-6-9(10)2/h5,7H,3-4,6,8H2,1-2H3. The third-order valence-electron chi connectivity index (χ3n) is 1.84. The van der Waals surface area contributed by atoms with Crippen LogP contribution in [0.4, 0.5) is 0 Å². The number of hydrogen-bond acceptors (Lipinski definition) is 1. The number of rotatable bonds is 3. The average molecular weight is 152 g/mol. The van der Waals surface area contributed by atoms with Gasteiger partial charge in [0.2, 0.25) is 0 Å². The highest BCUT2D eigenvalue weighted by molar-refractivity contribution is 5.22. The van der Waals surface area contributed by atoms with E-state index in [-0.39, 0.29) is 0 Å². The minimum atomic E-state index is 0.844. The summed E-state index contributed by atoms with van der Waals surface area (Å²) < 4.78 is 5.54. The van der Waals surface area contributed by atoms with E-state index in [1.165, 1.54) is 12.0 Å². The van der Waals surface area contributed by atoms with Gasteiger partial charge < -0.3 is 4.74 Å². The zero-order valence-corrected chi connectivity index (χ0v) is 7.39. The van der Waals surface area contributed by atoms with E-state index >= 15 is 0 Å². The summed E-state index contributed by atoms with van der Waals surface area (Å²) >= 11 is 0. The van der Waals surface area contributed by atoms with Gasteiger partial charge in [-0.25, -0.2) is 0 Å². The van der Waals surface area contributed by atoms with Crippen LogP contribution in [-0.2, 0) is 4.74 Å². The van der Waals surface area contributed by atoms with Gasteiger partial charge in [-0.1, -0.05) is 13.0 Å². The van der Waals surface area contributed by atoms with E-state index in [1.807, 2.05) is 0 Å². The van der Waals surface area contributed by atoms with Gasteiger partial charge in [-0.15, -0.1) is 0 Å². The maximum Gasteiger partial charge on any atom is 0.117 e. The van der Waals surface area contributed by atoms with E-state index in [1.54, 1.807) is 0 Å². The van der Waals surface area contributed by atoms with Gasteiger partial charge in [-0.3, -0.25) is 0 Å². The Morgan fingerprint density at radius 1 is 1.55 bits per heavy atom. The summed E-state index contributed by atoms with van der Waals surface area (Å²) in [4.78, 5) is 0. The summed E-state index contributed by atoms with van der Waals surface area (Å²) in [5.41, 5.74) is 1.39. The lowest BCUT2D eigenvalue weighted by Gasteiger charge is -2.12. The molecule has 11 heavy (non-hydrogen) atoms. The smallest absolute Gasteiger partial charge is 0.117 e. The first-order chi connectivity index (χ1) is 5.34. The lowest BCUT2D eigenvalue weighted by atomic mass is 10.1. The molecule has 0 aromatic carbocycles. The van der Waals surface area contributed by atoms with Gasteiger partial charge in [-0.2, -0.15) is 0 Å². The molecule has 0 spiro atoms. The fourth-order valence-corrected chi connectivity index (χ4v) is 1.14. The van der Waals surface area contributed by atoms with Gasteiger partial charge in [0.15, 0.2) is 0 Å². The van der Waals surface area contributed by atoms with Crippen LogP contribution in [0.5, 0.6) is 0 Å². The van der Waals surface area contributed by atoms with Crippen LogP contribution in [0, 0.1) is 0 Å². The lowest BCUT2D eigenvalue weighted by molar-refractivity contribution is 0.219. The van der Waals surface area contributed by atoms with Crippen molar-refractivity contribution in [2.75, 3.05) is 6.61 Å². The van der Waals surface area contributed by atoms with Crippen molar-refractivity contribution in [3.63, 3.8) is 0 Å². The first-order valence-electron chi connectivity index (χ1n) is 4.33. The van der Waals surface area contributed by atoms with Crippen molar-refractivity contribution in [3.8, 4) is 0 Å². The largest absolute Gasteiger partial charge is 0.494 e. The Hall–Kier alpha value is -0.720. The van der Waals surface area contributed by atoms with E-state index in [0.29, 0.717) is 0 Å². The zero-order chi connectivity index (χ0) is 8.10. The Balaban J connectivity index is 2.47. The van der Waals surface area contributed by atoms with Crippen molar-refractivity contribution in [3.05, 3.63) is 23.5 Å². The molecule has 1 aliphatic rings. The van der Waals surface area contributed by atoms with Crippen LogP contribution in [0.3, 0.4) is 0 Å². The van der Waals surface area contributed by atoms with Crippen molar-refractivity contribution in [1.82, 2.24) is 0 Å². The highest BCUT2D eigenvalue weighted by Gasteiger charge is 2.03. The second-order valence-corrected chi connectivity index (χ2v) is 2.93. The summed E-state index contributed by atoms with van der Waals surface area (Å²) in [5.74, 6) is 1.10. The van der Waals surface area contributed by atoms with E-state index < -0.39 is 0 Å². The van der Waals surface area contributed by atoms with Gasteiger partial charge in [-0.05, 0) is 37.8 Å². The molecule has 0 aromatic rings. The summed E-state index contributed by atoms with van der Waals surface area (Å²) in [5, 5.41) is 0. The summed E-state index contributed by atoms with van der Waals surface area (Å²) in [6.45, 7) is 5.12. The number of hydrogen-bond donors (Lipinski definition) is 0. The van der Waals surface area contributed by atoms with Crippen LogP contribution in [0.15, 0.2) is 23.5 Å². The monoisotopic (exact) mass is 152 g/mol. The maximum atomic E-state index is 5.54. The minimum Gasteiger partial charge on any atom is -0.494 e. The molecule has 0 amide bonds. The van der Waals surface area contributed by atoms with Gasteiger partial charge >= 0.3 is 0 Å². The highest BCUT2D eigenvalue weighted by Crippen LogP contribution is 2.18. The second kappa shape index (κ2) is 4.22. The van der Waals surface area contributed by atoms with Crippen molar-refractivity contribution in [2.24, 2.45) is 0 Å². The number of allylic oxidation sites excluding steroid dienone is 3. The van der Waals surface area contributed by atoms with Crippen molar-refractivity contribution in [1.29, 1.82) is 0 Å². The maximum absolute atomic E-state index is 5.54. The molecule has 0 heterocycles. The fraction of sp³-hybridized carbons (Fsp3) is 0.600. The summed E-state index contributed by atoms with van der Waals surface area (Å²) in [7, 11) is 0. The first-order valence-corrected chi connectivity index (χ1v) is 4.33. The molecule has 0 saturated heterocycles. The van der Waals surface area contributed by atoms with Crippen LogP contribution in [-0.4, -0.2) is 6.61 Å². The SMILES string of the molecule is CCCOC1=C(C)CCC=C1. The molecule has 0 atom stereocenters. The summed E-state index contributed by atoms with van der Waals surface area (Å²) in [6.07, 6.45) is 7.69. The van der Waals surface area contributed by atoms with Crippen molar-refractivity contribution in [2.45, 2.75) is 33.1 Å². The van der Waals surface area contributed by atoms with Crippen molar-refractivity contribution >= 4 is 0 Å². The van der Waals surface area contributed by atoms with Crippen LogP contribution < -0.4 is 0 Å². The molecule has 0 aromatic heterocycles. The molecule has 0 radical (unpaired) electrons. The van der Waals surface area contributed by atoms with Crippen LogP contribution in [0.25, 0.3) is 0 Å². The molecule has 62 valence electrons. The molecular weight excluding hydrogens is 136 g/mol. The molecule has 0 fully saturated rings. The molecule has 0 bridgehead atoms.